The number of aryl methyl sites for hydroxylation is 2. The average Bonchev–Trinajstić information content (AvgIpc) is 2.92. The molecular weight excluding hydrogens is 325 g/mol. The van der Waals surface area contributed by atoms with Crippen LogP contribution in [0, 0.1) is 13.8 Å². The van der Waals surface area contributed by atoms with Gasteiger partial charge in [-0.15, -0.1) is 0 Å². The van der Waals surface area contributed by atoms with Crippen molar-refractivity contribution in [3.63, 3.8) is 0 Å². The van der Waals surface area contributed by atoms with E-state index < -0.39 is 6.04 Å². The standard InChI is InChI=1S/C15H13Cl2N3O2/c1-8-5-9(2)20(18-8)13-7-14(21)19(15(13)22)10-3-4-11(16)12(17)6-10/h3-6,13H,7H2,1-2H3/t13-/m1/s1. The molecule has 0 radical (unpaired) electrons. The van der Waals surface area contributed by atoms with E-state index in [9.17, 15) is 9.59 Å². The summed E-state index contributed by atoms with van der Waals surface area (Å²) >= 11 is 11.8. The van der Waals surface area contributed by atoms with E-state index in [0.29, 0.717) is 15.7 Å². The number of carbonyl (C=O) groups is 2. The van der Waals surface area contributed by atoms with E-state index in [1.807, 2.05) is 19.9 Å². The van der Waals surface area contributed by atoms with Crippen LogP contribution in [0.25, 0.3) is 0 Å². The van der Waals surface area contributed by atoms with Gasteiger partial charge in [0.2, 0.25) is 5.91 Å². The minimum atomic E-state index is -0.615. The van der Waals surface area contributed by atoms with Crippen LogP contribution < -0.4 is 4.90 Å². The number of carbonyl (C=O) groups excluding carboxylic acids is 2. The predicted octanol–water partition coefficient (Wildman–Crippen LogP) is 3.31. The summed E-state index contributed by atoms with van der Waals surface area (Å²) in [6.45, 7) is 3.71. The molecule has 1 saturated heterocycles. The van der Waals surface area contributed by atoms with Gasteiger partial charge in [0.15, 0.2) is 0 Å². The molecule has 1 aromatic carbocycles. The van der Waals surface area contributed by atoms with Crippen molar-refractivity contribution < 1.29 is 9.59 Å². The minimum absolute atomic E-state index is 0.0844. The Morgan fingerprint density at radius 2 is 1.86 bits per heavy atom. The zero-order valence-electron chi connectivity index (χ0n) is 12.0. The highest BCUT2D eigenvalue weighted by molar-refractivity contribution is 6.42. The monoisotopic (exact) mass is 337 g/mol. The number of imide groups is 1. The highest BCUT2D eigenvalue weighted by atomic mass is 35.5. The first-order valence-electron chi connectivity index (χ1n) is 6.73. The van der Waals surface area contributed by atoms with Gasteiger partial charge < -0.3 is 0 Å². The summed E-state index contributed by atoms with van der Waals surface area (Å²) in [6, 6.07) is 5.95. The SMILES string of the molecule is Cc1cc(C)n([C@@H]2CC(=O)N(c3ccc(Cl)c(Cl)c3)C2=O)n1. The number of hydrogen-bond donors (Lipinski definition) is 0. The van der Waals surface area contributed by atoms with Crippen LogP contribution in [0.15, 0.2) is 24.3 Å². The lowest BCUT2D eigenvalue weighted by Crippen LogP contribution is -2.31. The molecule has 1 aliphatic rings. The highest BCUT2D eigenvalue weighted by Crippen LogP contribution is 2.33. The third-order valence-electron chi connectivity index (χ3n) is 3.62. The molecule has 3 rings (SSSR count). The predicted molar refractivity (Wildman–Crippen MR) is 84.3 cm³/mol. The summed E-state index contributed by atoms with van der Waals surface area (Å²) < 4.78 is 1.60. The van der Waals surface area contributed by atoms with Crippen molar-refractivity contribution in [3.8, 4) is 0 Å². The van der Waals surface area contributed by atoms with Gasteiger partial charge in [-0.1, -0.05) is 23.2 Å². The third-order valence-corrected chi connectivity index (χ3v) is 4.36. The van der Waals surface area contributed by atoms with Crippen LogP contribution in [0.4, 0.5) is 5.69 Å². The second-order valence-corrected chi connectivity index (χ2v) is 6.07. The molecular formula is C15H13Cl2N3O2. The van der Waals surface area contributed by atoms with Crippen molar-refractivity contribution in [1.82, 2.24) is 9.78 Å². The van der Waals surface area contributed by atoms with Gasteiger partial charge in [-0.2, -0.15) is 5.10 Å². The Bertz CT molecular complexity index is 785. The molecule has 1 aliphatic heterocycles. The molecule has 1 aromatic heterocycles. The van der Waals surface area contributed by atoms with Crippen LogP contribution in [-0.4, -0.2) is 21.6 Å². The third kappa shape index (κ3) is 2.40. The summed E-state index contributed by atoms with van der Waals surface area (Å²) in [5, 5.41) is 4.98. The van der Waals surface area contributed by atoms with Gasteiger partial charge in [-0.05, 0) is 38.1 Å². The summed E-state index contributed by atoms with van der Waals surface area (Å²) in [7, 11) is 0. The normalized spacial score (nSPS) is 18.4. The first-order valence-corrected chi connectivity index (χ1v) is 7.48. The smallest absolute Gasteiger partial charge is 0.259 e. The first-order chi connectivity index (χ1) is 10.4. The van der Waals surface area contributed by atoms with Gasteiger partial charge in [0.05, 0.1) is 27.8 Å². The fraction of sp³-hybridized carbons (Fsp3) is 0.267. The highest BCUT2D eigenvalue weighted by Gasteiger charge is 2.41. The van der Waals surface area contributed by atoms with Gasteiger partial charge in [-0.3, -0.25) is 14.3 Å². The summed E-state index contributed by atoms with van der Waals surface area (Å²) in [5.74, 6) is -0.587. The van der Waals surface area contributed by atoms with Crippen LogP contribution in [0.1, 0.15) is 23.9 Å². The van der Waals surface area contributed by atoms with Gasteiger partial charge in [-0.25, -0.2) is 4.90 Å². The summed E-state index contributed by atoms with van der Waals surface area (Å²) in [5.41, 5.74) is 2.08. The van der Waals surface area contributed by atoms with Crippen molar-refractivity contribution >= 4 is 40.7 Å². The zero-order chi connectivity index (χ0) is 16.0. The number of anilines is 1. The largest absolute Gasteiger partial charge is 0.274 e. The van der Waals surface area contributed by atoms with E-state index in [0.717, 1.165) is 16.3 Å². The molecule has 1 fully saturated rings. The van der Waals surface area contributed by atoms with Crippen molar-refractivity contribution in [3.05, 3.63) is 45.7 Å². The Morgan fingerprint density at radius 3 is 2.45 bits per heavy atom. The maximum absolute atomic E-state index is 12.6. The number of benzene rings is 1. The van der Waals surface area contributed by atoms with Crippen molar-refractivity contribution in [2.45, 2.75) is 26.3 Å². The molecule has 0 bridgehead atoms. The Kier molecular flexibility index (Phi) is 3.70. The molecule has 2 heterocycles. The van der Waals surface area contributed by atoms with Crippen molar-refractivity contribution in [2.75, 3.05) is 4.90 Å². The van der Waals surface area contributed by atoms with Crippen molar-refractivity contribution in [2.24, 2.45) is 0 Å². The average molecular weight is 338 g/mol. The summed E-state index contributed by atoms with van der Waals surface area (Å²) in [4.78, 5) is 26.1. The number of hydrogen-bond acceptors (Lipinski definition) is 3. The lowest BCUT2D eigenvalue weighted by atomic mass is 10.2. The Hall–Kier alpha value is -1.85. The lowest BCUT2D eigenvalue weighted by molar-refractivity contribution is -0.122. The molecule has 1 atom stereocenters. The fourth-order valence-corrected chi connectivity index (χ4v) is 2.96. The van der Waals surface area contributed by atoms with Gasteiger partial charge >= 0.3 is 0 Å². The van der Waals surface area contributed by atoms with Crippen LogP contribution in [0.3, 0.4) is 0 Å². The van der Waals surface area contributed by atoms with Crippen LogP contribution in [-0.2, 0) is 9.59 Å². The fourth-order valence-electron chi connectivity index (χ4n) is 2.66. The molecule has 0 saturated carbocycles. The maximum Gasteiger partial charge on any atom is 0.259 e. The quantitative estimate of drug-likeness (QED) is 0.790. The van der Waals surface area contributed by atoms with Crippen LogP contribution >= 0.6 is 23.2 Å². The van der Waals surface area contributed by atoms with Gasteiger partial charge in [0.1, 0.15) is 6.04 Å². The van der Waals surface area contributed by atoms with E-state index in [1.165, 1.54) is 6.07 Å². The molecule has 2 aromatic rings. The van der Waals surface area contributed by atoms with E-state index in [1.54, 1.807) is 16.8 Å². The Labute approximate surface area is 137 Å². The van der Waals surface area contributed by atoms with E-state index in [4.69, 9.17) is 23.2 Å². The first kappa shape index (κ1) is 15.1. The van der Waals surface area contributed by atoms with E-state index in [2.05, 4.69) is 5.10 Å². The van der Waals surface area contributed by atoms with Gasteiger partial charge in [0.25, 0.3) is 5.91 Å². The molecule has 0 unspecified atom stereocenters. The number of rotatable bonds is 2. The number of nitrogens with zero attached hydrogens (tertiary/aromatic N) is 3. The van der Waals surface area contributed by atoms with Crippen molar-refractivity contribution in [1.29, 1.82) is 0 Å². The second kappa shape index (κ2) is 5.41. The van der Waals surface area contributed by atoms with Crippen LogP contribution in [0.5, 0.6) is 0 Å². The second-order valence-electron chi connectivity index (χ2n) is 5.26. The van der Waals surface area contributed by atoms with Gasteiger partial charge in [0, 0.05) is 5.69 Å². The maximum atomic E-state index is 12.6. The topological polar surface area (TPSA) is 55.2 Å². The molecule has 7 heteroatoms. The number of aromatic nitrogens is 2. The number of halogens is 2. The Morgan fingerprint density at radius 1 is 1.14 bits per heavy atom. The molecule has 0 spiro atoms. The molecule has 5 nitrogen and oxygen atoms in total. The summed E-state index contributed by atoms with van der Waals surface area (Å²) in [6.07, 6.45) is 0.0844. The zero-order valence-corrected chi connectivity index (χ0v) is 13.5. The lowest BCUT2D eigenvalue weighted by Gasteiger charge is -2.16. The minimum Gasteiger partial charge on any atom is -0.274 e. The molecule has 22 heavy (non-hydrogen) atoms. The molecule has 0 N–H and O–H groups in total. The molecule has 2 amide bonds. The van der Waals surface area contributed by atoms with E-state index >= 15 is 0 Å². The molecule has 0 aliphatic carbocycles. The number of amides is 2. The van der Waals surface area contributed by atoms with Crippen LogP contribution in [0.2, 0.25) is 10.0 Å². The molecule has 114 valence electrons. The Balaban J connectivity index is 1.98. The van der Waals surface area contributed by atoms with E-state index in [-0.39, 0.29) is 18.2 Å².